The molecule has 0 radical (unpaired) electrons. The van der Waals surface area contributed by atoms with Crippen molar-refractivity contribution in [1.82, 2.24) is 20.9 Å². The number of ether oxygens (including phenoxy) is 1. The average molecular weight is 524 g/mol. The molecule has 12 nitrogen and oxygen atoms in total. The van der Waals surface area contributed by atoms with Crippen LogP contribution in [0.3, 0.4) is 0 Å². The zero-order valence-electron chi connectivity index (χ0n) is 22.6. The van der Waals surface area contributed by atoms with E-state index in [9.17, 15) is 28.8 Å². The Balaban J connectivity index is 2.07. The number of ketones is 1. The summed E-state index contributed by atoms with van der Waals surface area (Å²) in [5.74, 6) is -3.33. The van der Waals surface area contributed by atoms with E-state index in [0.29, 0.717) is 25.8 Å². The first-order valence-corrected chi connectivity index (χ1v) is 12.7. The van der Waals surface area contributed by atoms with Crippen molar-refractivity contribution in [1.29, 1.82) is 0 Å². The van der Waals surface area contributed by atoms with Crippen LogP contribution in [0.2, 0.25) is 0 Å². The van der Waals surface area contributed by atoms with Crippen LogP contribution in [0.4, 0.5) is 4.79 Å². The van der Waals surface area contributed by atoms with Crippen molar-refractivity contribution in [2.24, 2.45) is 17.1 Å². The molecule has 37 heavy (non-hydrogen) atoms. The van der Waals surface area contributed by atoms with Crippen LogP contribution in [-0.2, 0) is 28.7 Å². The van der Waals surface area contributed by atoms with Gasteiger partial charge in [0.25, 0.3) is 5.91 Å². The van der Waals surface area contributed by atoms with Crippen molar-refractivity contribution in [3.05, 3.63) is 0 Å². The van der Waals surface area contributed by atoms with Crippen LogP contribution in [0.15, 0.2) is 0 Å². The molecule has 2 fully saturated rings. The molecule has 2 rings (SSSR count). The highest BCUT2D eigenvalue weighted by Crippen LogP contribution is 2.34. The molecule has 1 saturated carbocycles. The van der Waals surface area contributed by atoms with E-state index in [1.807, 2.05) is 0 Å². The Morgan fingerprint density at radius 1 is 0.973 bits per heavy atom. The number of rotatable bonds is 10. The monoisotopic (exact) mass is 523 g/mol. The van der Waals surface area contributed by atoms with Crippen LogP contribution in [0, 0.1) is 11.3 Å². The highest BCUT2D eigenvalue weighted by Gasteiger charge is 2.43. The van der Waals surface area contributed by atoms with Crippen molar-refractivity contribution < 1.29 is 33.5 Å². The molecule has 0 spiro atoms. The summed E-state index contributed by atoms with van der Waals surface area (Å²) in [7, 11) is 0. The SMILES string of the molecule is CC(C)(C)OC(=O)CNC(=O)N[C@H](C(=O)N1CCC[C@H]1C(=O)NC(CC1CC1)C(=O)C(N)=O)C(C)(C)C. The van der Waals surface area contributed by atoms with Crippen LogP contribution < -0.4 is 21.7 Å². The summed E-state index contributed by atoms with van der Waals surface area (Å²) in [5, 5.41) is 7.66. The van der Waals surface area contributed by atoms with Gasteiger partial charge in [-0.3, -0.25) is 24.0 Å². The molecule has 5 N–H and O–H groups in total. The van der Waals surface area contributed by atoms with Gasteiger partial charge < -0.3 is 31.3 Å². The quantitative estimate of drug-likeness (QED) is 0.236. The molecule has 1 heterocycles. The van der Waals surface area contributed by atoms with Crippen molar-refractivity contribution in [2.45, 2.75) is 97.4 Å². The number of urea groups is 1. The van der Waals surface area contributed by atoms with Gasteiger partial charge in [-0.1, -0.05) is 33.6 Å². The molecule has 5 amide bonds. The lowest BCUT2D eigenvalue weighted by Crippen LogP contribution is -2.60. The van der Waals surface area contributed by atoms with E-state index in [1.165, 1.54) is 4.90 Å². The summed E-state index contributed by atoms with van der Waals surface area (Å²) >= 11 is 0. The molecule has 1 saturated heterocycles. The first-order chi connectivity index (χ1) is 17.0. The summed E-state index contributed by atoms with van der Waals surface area (Å²) < 4.78 is 5.17. The number of carbonyl (C=O) groups excluding carboxylic acids is 6. The minimum Gasteiger partial charge on any atom is -0.459 e. The molecule has 208 valence electrons. The fourth-order valence-corrected chi connectivity index (χ4v) is 4.19. The van der Waals surface area contributed by atoms with Crippen molar-refractivity contribution in [3.8, 4) is 0 Å². The van der Waals surface area contributed by atoms with Gasteiger partial charge in [-0.2, -0.15) is 0 Å². The molecule has 0 aromatic heterocycles. The number of nitrogens with zero attached hydrogens (tertiary/aromatic N) is 1. The van der Waals surface area contributed by atoms with Gasteiger partial charge in [0.1, 0.15) is 24.2 Å². The van der Waals surface area contributed by atoms with E-state index < -0.39 is 64.6 Å². The molecule has 1 unspecified atom stereocenters. The highest BCUT2D eigenvalue weighted by molar-refractivity contribution is 6.37. The van der Waals surface area contributed by atoms with Gasteiger partial charge in [-0.05, 0) is 51.4 Å². The van der Waals surface area contributed by atoms with Crippen molar-refractivity contribution >= 4 is 35.5 Å². The lowest BCUT2D eigenvalue weighted by molar-refractivity contribution is -0.153. The molecule has 0 aromatic rings. The predicted molar refractivity (Wildman–Crippen MR) is 134 cm³/mol. The van der Waals surface area contributed by atoms with E-state index in [4.69, 9.17) is 10.5 Å². The number of primary amides is 1. The third-order valence-electron chi connectivity index (χ3n) is 6.18. The Bertz CT molecular complexity index is 917. The van der Waals surface area contributed by atoms with E-state index in [0.717, 1.165) is 12.8 Å². The summed E-state index contributed by atoms with van der Waals surface area (Å²) in [5.41, 5.74) is 3.74. The third kappa shape index (κ3) is 9.32. The second-order valence-electron chi connectivity index (χ2n) is 11.9. The average Bonchev–Trinajstić information content (AvgIpc) is 3.43. The second kappa shape index (κ2) is 11.9. The minimum absolute atomic E-state index is 0.253. The number of carbonyl (C=O) groups is 6. The van der Waals surface area contributed by atoms with Gasteiger partial charge in [-0.25, -0.2) is 4.79 Å². The lowest BCUT2D eigenvalue weighted by Gasteiger charge is -2.35. The van der Waals surface area contributed by atoms with E-state index in [2.05, 4.69) is 16.0 Å². The van der Waals surface area contributed by atoms with Crippen LogP contribution in [0.1, 0.15) is 73.6 Å². The summed E-state index contributed by atoms with van der Waals surface area (Å²) in [4.78, 5) is 76.3. The number of hydrogen-bond donors (Lipinski definition) is 4. The smallest absolute Gasteiger partial charge is 0.325 e. The molecular weight excluding hydrogens is 482 g/mol. The number of esters is 1. The number of Topliss-reactive ketones (excluding diaryl/α,β-unsaturated/α-hetero) is 1. The fourth-order valence-electron chi connectivity index (χ4n) is 4.19. The zero-order chi connectivity index (χ0) is 28.1. The van der Waals surface area contributed by atoms with Gasteiger partial charge in [-0.15, -0.1) is 0 Å². The number of nitrogens with one attached hydrogen (secondary N) is 3. The van der Waals surface area contributed by atoms with Gasteiger partial charge in [0, 0.05) is 6.54 Å². The number of likely N-dealkylation sites (tertiary alicyclic amines) is 1. The third-order valence-corrected chi connectivity index (χ3v) is 6.18. The molecule has 12 heteroatoms. The molecule has 0 aromatic carbocycles. The zero-order valence-corrected chi connectivity index (χ0v) is 22.6. The van der Waals surface area contributed by atoms with Crippen LogP contribution in [-0.4, -0.2) is 77.2 Å². The maximum atomic E-state index is 13.6. The summed E-state index contributed by atoms with van der Waals surface area (Å²) in [6, 6.07) is -3.61. The second-order valence-corrected chi connectivity index (χ2v) is 11.9. The highest BCUT2D eigenvalue weighted by atomic mass is 16.6. The molecule has 2 aliphatic rings. The maximum absolute atomic E-state index is 13.6. The lowest BCUT2D eigenvalue weighted by atomic mass is 9.85. The van der Waals surface area contributed by atoms with E-state index >= 15 is 0 Å². The topological polar surface area (TPSA) is 177 Å². The number of hydrogen-bond acceptors (Lipinski definition) is 7. The molecule has 0 bridgehead atoms. The number of nitrogens with two attached hydrogens (primary N) is 1. The Morgan fingerprint density at radius 3 is 2.11 bits per heavy atom. The Labute approximate surface area is 217 Å². The maximum Gasteiger partial charge on any atom is 0.325 e. The molecule has 1 aliphatic carbocycles. The van der Waals surface area contributed by atoms with Gasteiger partial charge in [0.05, 0.1) is 6.04 Å². The van der Waals surface area contributed by atoms with Crippen LogP contribution in [0.5, 0.6) is 0 Å². The summed E-state index contributed by atoms with van der Waals surface area (Å²) in [6.45, 7) is 10.4. The van der Waals surface area contributed by atoms with Crippen molar-refractivity contribution in [2.75, 3.05) is 13.1 Å². The largest absolute Gasteiger partial charge is 0.459 e. The summed E-state index contributed by atoms with van der Waals surface area (Å²) in [6.07, 6.45) is 3.10. The first kappa shape index (κ1) is 30.0. The van der Waals surface area contributed by atoms with E-state index in [-0.39, 0.29) is 12.5 Å². The predicted octanol–water partition coefficient (Wildman–Crippen LogP) is 0.372. The first-order valence-electron chi connectivity index (χ1n) is 12.7. The van der Waals surface area contributed by atoms with Gasteiger partial charge >= 0.3 is 12.0 Å². The molecule has 3 atom stereocenters. The van der Waals surface area contributed by atoms with Crippen LogP contribution in [0.25, 0.3) is 0 Å². The Hall–Kier alpha value is -3.18. The Kier molecular flexibility index (Phi) is 9.67. The number of amides is 5. The van der Waals surface area contributed by atoms with Crippen molar-refractivity contribution in [3.63, 3.8) is 0 Å². The molecular formula is C25H41N5O7. The van der Waals surface area contributed by atoms with Gasteiger partial charge in [0.2, 0.25) is 17.6 Å². The minimum atomic E-state index is -1.11. The van der Waals surface area contributed by atoms with E-state index in [1.54, 1.807) is 41.5 Å². The van der Waals surface area contributed by atoms with Crippen LogP contribution >= 0.6 is 0 Å². The normalized spacial score (nSPS) is 19.4. The Morgan fingerprint density at radius 2 is 1.59 bits per heavy atom. The van der Waals surface area contributed by atoms with Gasteiger partial charge in [0.15, 0.2) is 0 Å². The standard InChI is InChI=1S/C25H41N5O7/c1-24(2,3)19(29-23(36)27-13-17(31)37-25(4,5)6)22(35)30-11-7-8-16(30)21(34)28-15(12-14-9-10-14)18(32)20(26)33/h14-16,19H,7-13H2,1-6H3,(H2,26,33)(H,28,34)(H2,27,29,36)/t15?,16-,19+/m0/s1. The molecule has 1 aliphatic heterocycles. The fraction of sp³-hybridized carbons (Fsp3) is 0.760.